The first kappa shape index (κ1) is 22.8. The van der Waals surface area contributed by atoms with Gasteiger partial charge < -0.3 is 24.8 Å². The number of nitrogens with zero attached hydrogens (tertiary/aromatic N) is 2. The molecule has 34 heavy (non-hydrogen) atoms. The summed E-state index contributed by atoms with van der Waals surface area (Å²) in [5, 5.41) is 6.35. The Morgan fingerprint density at radius 3 is 2.65 bits per heavy atom. The van der Waals surface area contributed by atoms with E-state index >= 15 is 0 Å². The molecule has 3 amide bonds. The fourth-order valence-electron chi connectivity index (χ4n) is 5.64. The number of amides is 3. The number of hydrogen-bond acceptors (Lipinski definition) is 4. The molecule has 5 rings (SSSR count). The van der Waals surface area contributed by atoms with Gasteiger partial charge in [-0.25, -0.2) is 4.39 Å². The molecule has 8 nitrogen and oxygen atoms in total. The third-order valence-electron chi connectivity index (χ3n) is 7.43. The summed E-state index contributed by atoms with van der Waals surface area (Å²) in [4.78, 5) is 41.3. The summed E-state index contributed by atoms with van der Waals surface area (Å²) in [5.41, 5.74) is -0.0143. The lowest BCUT2D eigenvalue weighted by Gasteiger charge is -2.45. The number of carbonyl (C=O) groups is 3. The molecular weight excluding hydrogens is 439 g/mol. The van der Waals surface area contributed by atoms with Crippen LogP contribution in [-0.2, 0) is 20.9 Å². The van der Waals surface area contributed by atoms with E-state index in [1.807, 2.05) is 0 Å². The molecule has 2 fully saturated rings. The Kier molecular flexibility index (Phi) is 5.83. The van der Waals surface area contributed by atoms with Crippen LogP contribution in [0.15, 0.2) is 18.2 Å². The Morgan fingerprint density at radius 1 is 1.21 bits per heavy atom. The molecule has 0 radical (unpaired) electrons. The minimum atomic E-state index is -1.16. The third kappa shape index (κ3) is 3.85. The Bertz CT molecular complexity index is 1150. The van der Waals surface area contributed by atoms with Gasteiger partial charge in [0.05, 0.1) is 23.9 Å². The molecule has 0 bridgehead atoms. The molecule has 9 heteroatoms. The molecule has 1 aliphatic carbocycles. The highest BCUT2D eigenvalue weighted by Crippen LogP contribution is 2.39. The molecule has 2 unspecified atom stereocenters. The van der Waals surface area contributed by atoms with Crippen molar-refractivity contribution in [3.63, 3.8) is 0 Å². The molecule has 1 saturated carbocycles. The maximum Gasteiger partial charge on any atom is 0.273 e. The van der Waals surface area contributed by atoms with Crippen molar-refractivity contribution >= 4 is 34.3 Å². The predicted octanol–water partition coefficient (Wildman–Crippen LogP) is 3.19. The van der Waals surface area contributed by atoms with Crippen LogP contribution in [0.1, 0.15) is 62.9 Å². The van der Waals surface area contributed by atoms with Crippen LogP contribution < -0.4 is 10.6 Å². The lowest BCUT2D eigenvalue weighted by molar-refractivity contribution is -0.134. The van der Waals surface area contributed by atoms with Crippen molar-refractivity contribution in [3.05, 3.63) is 29.7 Å². The smallest absolute Gasteiger partial charge is 0.273 e. The van der Waals surface area contributed by atoms with Crippen molar-refractivity contribution in [2.45, 2.75) is 76.6 Å². The molecule has 3 aliphatic rings. The van der Waals surface area contributed by atoms with E-state index in [1.54, 1.807) is 22.5 Å². The summed E-state index contributed by atoms with van der Waals surface area (Å²) < 4.78 is 21.7. The zero-order valence-electron chi connectivity index (χ0n) is 19.7. The Balaban J connectivity index is 1.62. The first-order valence-electron chi connectivity index (χ1n) is 12.1. The van der Waals surface area contributed by atoms with Crippen molar-refractivity contribution in [2.75, 3.05) is 18.5 Å². The topological polar surface area (TPSA) is 92.7 Å². The molecule has 2 N–H and O–H groups in total. The Hall–Kier alpha value is -2.94. The monoisotopic (exact) mass is 470 g/mol. The summed E-state index contributed by atoms with van der Waals surface area (Å²) >= 11 is 0. The molecule has 3 heterocycles. The minimum absolute atomic E-state index is 0.107. The van der Waals surface area contributed by atoms with Gasteiger partial charge in [-0.1, -0.05) is 12.8 Å². The molecule has 1 aromatic heterocycles. The van der Waals surface area contributed by atoms with Gasteiger partial charge in [0.1, 0.15) is 17.1 Å². The molecule has 182 valence electrons. The quantitative estimate of drug-likeness (QED) is 0.702. The van der Waals surface area contributed by atoms with Gasteiger partial charge in [-0.05, 0) is 50.8 Å². The van der Waals surface area contributed by atoms with E-state index in [0.29, 0.717) is 17.5 Å². The van der Waals surface area contributed by atoms with E-state index in [1.165, 1.54) is 19.1 Å². The van der Waals surface area contributed by atoms with Gasteiger partial charge in [0.15, 0.2) is 0 Å². The summed E-state index contributed by atoms with van der Waals surface area (Å²) in [5.74, 6) is -1.38. The average Bonchev–Trinajstić information content (AvgIpc) is 3.53. The van der Waals surface area contributed by atoms with Crippen LogP contribution in [0, 0.1) is 5.82 Å². The first-order valence-corrected chi connectivity index (χ1v) is 12.1. The number of carbonyl (C=O) groups excluding carboxylic acids is 3. The number of fused-ring (bicyclic) bond motifs is 3. The van der Waals surface area contributed by atoms with Crippen LogP contribution in [0.25, 0.3) is 10.9 Å². The maximum atomic E-state index is 14.2. The fraction of sp³-hybridized carbons (Fsp3) is 0.560. The molecule has 2 atom stereocenters. The number of rotatable bonds is 5. The highest BCUT2D eigenvalue weighted by Gasteiger charge is 2.50. The first-order chi connectivity index (χ1) is 16.3. The highest BCUT2D eigenvalue weighted by molar-refractivity contribution is 6.14. The van der Waals surface area contributed by atoms with Crippen molar-refractivity contribution in [1.29, 1.82) is 0 Å². The lowest BCUT2D eigenvalue weighted by Crippen LogP contribution is -2.66. The van der Waals surface area contributed by atoms with Crippen LogP contribution in [0.3, 0.4) is 0 Å². The molecular formula is C25H31FN4O4. The summed E-state index contributed by atoms with van der Waals surface area (Å²) in [7, 11) is 0. The van der Waals surface area contributed by atoms with E-state index in [9.17, 15) is 18.8 Å². The maximum absolute atomic E-state index is 14.2. The Morgan fingerprint density at radius 2 is 1.97 bits per heavy atom. The standard InChI is InChI=1S/C25H31FN4O4/c1-15(31)27-21-19-12-16(26)9-10-20(19)29-14-25(2,24(33)28-17-6-3-4-7-17)30(23(32)22(21)29)13-18-8-5-11-34-18/h9-10,12,17-18H,3-8,11,13-14H2,1-2H3,(H,27,31)(H,28,33). The van der Waals surface area contributed by atoms with Crippen LogP contribution in [0.4, 0.5) is 10.1 Å². The third-order valence-corrected chi connectivity index (χ3v) is 7.43. The lowest BCUT2D eigenvalue weighted by atomic mass is 9.93. The normalized spacial score (nSPS) is 25.1. The van der Waals surface area contributed by atoms with Crippen LogP contribution >= 0.6 is 0 Å². The number of anilines is 1. The van der Waals surface area contributed by atoms with Crippen LogP contribution in [0.5, 0.6) is 0 Å². The van der Waals surface area contributed by atoms with E-state index in [2.05, 4.69) is 10.6 Å². The van der Waals surface area contributed by atoms with Gasteiger partial charge in [0.25, 0.3) is 5.91 Å². The number of aromatic nitrogens is 1. The summed E-state index contributed by atoms with van der Waals surface area (Å²) in [6, 6.07) is 4.35. The Labute approximate surface area is 197 Å². The van der Waals surface area contributed by atoms with Gasteiger partial charge in [-0.3, -0.25) is 14.4 Å². The molecule has 0 spiro atoms. The van der Waals surface area contributed by atoms with Gasteiger partial charge in [0, 0.05) is 31.5 Å². The van der Waals surface area contributed by atoms with E-state index in [0.717, 1.165) is 38.5 Å². The minimum Gasteiger partial charge on any atom is -0.376 e. The number of ether oxygens (including phenoxy) is 1. The molecule has 2 aromatic rings. The zero-order chi connectivity index (χ0) is 24.0. The second-order valence-corrected chi connectivity index (χ2v) is 9.93. The largest absolute Gasteiger partial charge is 0.376 e. The highest BCUT2D eigenvalue weighted by atomic mass is 19.1. The van der Waals surface area contributed by atoms with Gasteiger partial charge in [-0.15, -0.1) is 0 Å². The molecule has 1 aromatic carbocycles. The van der Waals surface area contributed by atoms with Crippen molar-refractivity contribution in [3.8, 4) is 0 Å². The average molecular weight is 471 g/mol. The summed E-state index contributed by atoms with van der Waals surface area (Å²) in [6.07, 6.45) is 5.61. The second kappa shape index (κ2) is 8.69. The molecule has 2 aliphatic heterocycles. The SMILES string of the molecule is CC(=O)Nc1c2n(c3ccc(F)cc13)CC(C)(C(=O)NC1CCCC1)N(CC1CCCO1)C2=O. The van der Waals surface area contributed by atoms with Crippen LogP contribution in [-0.4, -0.2) is 58.0 Å². The molecule has 1 saturated heterocycles. The zero-order valence-corrected chi connectivity index (χ0v) is 19.7. The van der Waals surface area contributed by atoms with Gasteiger partial charge in [0.2, 0.25) is 11.8 Å². The predicted molar refractivity (Wildman–Crippen MR) is 125 cm³/mol. The number of nitrogens with one attached hydrogen (secondary N) is 2. The van der Waals surface area contributed by atoms with Crippen molar-refractivity contribution in [1.82, 2.24) is 14.8 Å². The van der Waals surface area contributed by atoms with Gasteiger partial charge >= 0.3 is 0 Å². The van der Waals surface area contributed by atoms with Crippen molar-refractivity contribution < 1.29 is 23.5 Å². The second-order valence-electron chi connectivity index (χ2n) is 9.93. The number of hydrogen-bond donors (Lipinski definition) is 2. The van der Waals surface area contributed by atoms with E-state index in [4.69, 9.17) is 4.74 Å². The van der Waals surface area contributed by atoms with E-state index < -0.39 is 11.4 Å². The van der Waals surface area contributed by atoms with Crippen LogP contribution in [0.2, 0.25) is 0 Å². The fourth-order valence-corrected chi connectivity index (χ4v) is 5.64. The van der Waals surface area contributed by atoms with Gasteiger partial charge in [-0.2, -0.15) is 0 Å². The number of benzene rings is 1. The van der Waals surface area contributed by atoms with Crippen molar-refractivity contribution in [2.24, 2.45) is 0 Å². The number of halogens is 1. The summed E-state index contributed by atoms with van der Waals surface area (Å²) in [6.45, 7) is 4.25. The van der Waals surface area contributed by atoms with E-state index in [-0.39, 0.29) is 54.3 Å².